The molecule has 1 N–H and O–H groups in total. The highest BCUT2D eigenvalue weighted by Gasteiger charge is 2.21. The SMILES string of the molecule is O=C(CC(CNC(=O)OCc1ccccc1)c1ccc(OS(=O)(=O)c2ccccc2)cc1)OCc1ccccc1. The number of benzene rings is 4. The van der Waals surface area contributed by atoms with E-state index < -0.39 is 28.1 Å². The molecule has 4 aromatic rings. The number of nitrogens with one attached hydrogen (secondary N) is 1. The Hall–Kier alpha value is -4.63. The molecule has 4 aromatic carbocycles. The number of alkyl carbamates (subject to hydrolysis) is 1. The topological polar surface area (TPSA) is 108 Å². The molecule has 0 saturated heterocycles. The molecule has 0 fully saturated rings. The van der Waals surface area contributed by atoms with Gasteiger partial charge in [0.15, 0.2) is 0 Å². The molecule has 0 saturated carbocycles. The third-order valence-electron chi connectivity index (χ3n) is 5.95. The second-order valence-electron chi connectivity index (χ2n) is 8.91. The summed E-state index contributed by atoms with van der Waals surface area (Å²) in [5.41, 5.74) is 2.39. The molecule has 0 aliphatic heterocycles. The molecule has 206 valence electrons. The first kappa shape index (κ1) is 28.4. The maximum atomic E-state index is 12.7. The summed E-state index contributed by atoms with van der Waals surface area (Å²) < 4.78 is 41.1. The van der Waals surface area contributed by atoms with Crippen LogP contribution >= 0.6 is 0 Å². The van der Waals surface area contributed by atoms with Crippen molar-refractivity contribution in [2.75, 3.05) is 6.54 Å². The minimum absolute atomic E-state index is 0.0195. The van der Waals surface area contributed by atoms with E-state index in [9.17, 15) is 18.0 Å². The Balaban J connectivity index is 1.41. The Morgan fingerprint density at radius 3 is 1.77 bits per heavy atom. The standard InChI is InChI=1S/C31H29NO7S/c33-30(37-22-24-10-4-1-5-11-24)20-27(21-32-31(34)38-23-25-12-6-2-7-13-25)26-16-18-28(19-17-26)39-40(35,36)29-14-8-3-9-15-29/h1-19,27H,20-23H2,(H,32,34). The quantitative estimate of drug-likeness (QED) is 0.178. The summed E-state index contributed by atoms with van der Waals surface area (Å²) in [6.45, 7) is 0.331. The van der Waals surface area contributed by atoms with E-state index >= 15 is 0 Å². The van der Waals surface area contributed by atoms with Gasteiger partial charge < -0.3 is 19.0 Å². The van der Waals surface area contributed by atoms with Crippen LogP contribution in [0.25, 0.3) is 0 Å². The first-order valence-corrected chi connectivity index (χ1v) is 14.0. The maximum Gasteiger partial charge on any atom is 0.407 e. The molecule has 0 radical (unpaired) electrons. The molecule has 8 nitrogen and oxygen atoms in total. The van der Waals surface area contributed by atoms with Crippen LogP contribution in [0.2, 0.25) is 0 Å². The van der Waals surface area contributed by atoms with E-state index in [-0.39, 0.29) is 36.8 Å². The second kappa shape index (κ2) is 14.0. The summed E-state index contributed by atoms with van der Waals surface area (Å²) in [5.74, 6) is -0.791. The lowest BCUT2D eigenvalue weighted by molar-refractivity contribution is -0.145. The number of ether oxygens (including phenoxy) is 2. The van der Waals surface area contributed by atoms with Gasteiger partial charge in [-0.1, -0.05) is 91.0 Å². The van der Waals surface area contributed by atoms with Gasteiger partial charge in [-0.2, -0.15) is 8.42 Å². The summed E-state index contributed by atoms with van der Waals surface area (Å²) >= 11 is 0. The summed E-state index contributed by atoms with van der Waals surface area (Å²) in [7, 11) is -4.00. The average Bonchev–Trinajstić information content (AvgIpc) is 2.99. The fourth-order valence-electron chi connectivity index (χ4n) is 3.84. The molecule has 0 heterocycles. The van der Waals surface area contributed by atoms with Gasteiger partial charge in [-0.3, -0.25) is 4.79 Å². The monoisotopic (exact) mass is 559 g/mol. The number of esters is 1. The molecule has 0 aliphatic carbocycles. The van der Waals surface area contributed by atoms with E-state index in [2.05, 4.69) is 5.32 Å². The van der Waals surface area contributed by atoms with Crippen molar-refractivity contribution in [2.24, 2.45) is 0 Å². The molecular weight excluding hydrogens is 530 g/mol. The van der Waals surface area contributed by atoms with Crippen LogP contribution in [0.5, 0.6) is 5.75 Å². The normalized spacial score (nSPS) is 11.7. The van der Waals surface area contributed by atoms with E-state index in [4.69, 9.17) is 13.7 Å². The highest BCUT2D eigenvalue weighted by molar-refractivity contribution is 7.87. The van der Waals surface area contributed by atoms with Gasteiger partial charge in [0.2, 0.25) is 0 Å². The third-order valence-corrected chi connectivity index (χ3v) is 7.21. The highest BCUT2D eigenvalue weighted by atomic mass is 32.2. The van der Waals surface area contributed by atoms with E-state index in [1.807, 2.05) is 60.7 Å². The van der Waals surface area contributed by atoms with Crippen LogP contribution in [0.4, 0.5) is 4.79 Å². The maximum absolute atomic E-state index is 12.7. The van der Waals surface area contributed by atoms with Crippen LogP contribution < -0.4 is 9.50 Å². The van der Waals surface area contributed by atoms with Crippen LogP contribution in [0.1, 0.15) is 29.0 Å². The minimum Gasteiger partial charge on any atom is -0.461 e. The summed E-state index contributed by atoms with van der Waals surface area (Å²) in [6, 6.07) is 32.7. The lowest BCUT2D eigenvalue weighted by Crippen LogP contribution is -2.30. The van der Waals surface area contributed by atoms with E-state index in [1.165, 1.54) is 24.3 Å². The van der Waals surface area contributed by atoms with Gasteiger partial charge in [0, 0.05) is 12.5 Å². The van der Waals surface area contributed by atoms with Crippen molar-refractivity contribution in [2.45, 2.75) is 30.4 Å². The Bertz CT molecular complexity index is 1480. The van der Waals surface area contributed by atoms with Crippen LogP contribution in [-0.4, -0.2) is 27.0 Å². The molecule has 0 spiro atoms. The fourth-order valence-corrected chi connectivity index (χ4v) is 4.80. The molecule has 1 atom stereocenters. The molecule has 1 unspecified atom stereocenters. The third kappa shape index (κ3) is 8.71. The van der Waals surface area contributed by atoms with Crippen LogP contribution in [-0.2, 0) is 37.6 Å². The molecule has 40 heavy (non-hydrogen) atoms. The van der Waals surface area contributed by atoms with E-state index in [0.717, 1.165) is 11.1 Å². The Morgan fingerprint density at radius 2 is 1.20 bits per heavy atom. The number of carbonyl (C=O) groups excluding carboxylic acids is 2. The van der Waals surface area contributed by atoms with Crippen LogP contribution in [0.15, 0.2) is 120 Å². The van der Waals surface area contributed by atoms with Crippen molar-refractivity contribution in [3.8, 4) is 5.75 Å². The molecule has 0 aromatic heterocycles. The van der Waals surface area contributed by atoms with Gasteiger partial charge in [-0.05, 0) is 41.0 Å². The Morgan fingerprint density at radius 1 is 0.675 bits per heavy atom. The summed E-state index contributed by atoms with van der Waals surface area (Å²) in [5, 5.41) is 2.71. The zero-order valence-corrected chi connectivity index (χ0v) is 22.5. The van der Waals surface area contributed by atoms with Crippen molar-refractivity contribution in [3.05, 3.63) is 132 Å². The largest absolute Gasteiger partial charge is 0.461 e. The number of hydrogen-bond donors (Lipinski definition) is 1. The van der Waals surface area contributed by atoms with Gasteiger partial charge in [-0.15, -0.1) is 0 Å². The molecule has 0 aliphatic rings. The van der Waals surface area contributed by atoms with Gasteiger partial charge in [0.1, 0.15) is 23.9 Å². The Labute approximate surface area is 233 Å². The number of amides is 1. The molecule has 1 amide bonds. The lowest BCUT2D eigenvalue weighted by Gasteiger charge is -2.18. The zero-order chi connectivity index (χ0) is 28.2. The predicted octanol–water partition coefficient (Wildman–Crippen LogP) is 5.60. The molecule has 4 rings (SSSR count). The second-order valence-corrected chi connectivity index (χ2v) is 10.5. The number of hydrogen-bond acceptors (Lipinski definition) is 7. The Kier molecular flexibility index (Phi) is 9.90. The lowest BCUT2D eigenvalue weighted by atomic mass is 9.95. The zero-order valence-electron chi connectivity index (χ0n) is 21.6. The van der Waals surface area contributed by atoms with Crippen molar-refractivity contribution in [3.63, 3.8) is 0 Å². The van der Waals surface area contributed by atoms with Gasteiger partial charge in [0.05, 0.1) is 6.42 Å². The highest BCUT2D eigenvalue weighted by Crippen LogP contribution is 2.25. The van der Waals surface area contributed by atoms with Crippen molar-refractivity contribution >= 4 is 22.2 Å². The first-order chi connectivity index (χ1) is 19.4. The van der Waals surface area contributed by atoms with Crippen molar-refractivity contribution in [1.82, 2.24) is 5.32 Å². The molecule has 0 bridgehead atoms. The average molecular weight is 560 g/mol. The van der Waals surface area contributed by atoms with Gasteiger partial charge in [0.25, 0.3) is 0 Å². The van der Waals surface area contributed by atoms with E-state index in [1.54, 1.807) is 30.3 Å². The van der Waals surface area contributed by atoms with Crippen LogP contribution in [0.3, 0.4) is 0 Å². The molecule has 9 heteroatoms. The van der Waals surface area contributed by atoms with Crippen LogP contribution in [0, 0.1) is 0 Å². The number of carbonyl (C=O) groups is 2. The fraction of sp³-hybridized carbons (Fsp3) is 0.161. The van der Waals surface area contributed by atoms with Crippen molar-refractivity contribution < 1.29 is 31.7 Å². The summed E-state index contributed by atoms with van der Waals surface area (Å²) in [6.07, 6.45) is -0.644. The minimum atomic E-state index is -4.00. The summed E-state index contributed by atoms with van der Waals surface area (Å²) in [4.78, 5) is 25.1. The van der Waals surface area contributed by atoms with E-state index in [0.29, 0.717) is 5.56 Å². The van der Waals surface area contributed by atoms with Crippen molar-refractivity contribution in [1.29, 1.82) is 0 Å². The van der Waals surface area contributed by atoms with Gasteiger partial charge >= 0.3 is 22.2 Å². The smallest absolute Gasteiger partial charge is 0.407 e. The molecular formula is C31H29NO7S. The predicted molar refractivity (Wildman–Crippen MR) is 149 cm³/mol. The first-order valence-electron chi connectivity index (χ1n) is 12.6. The number of rotatable bonds is 12. The van der Waals surface area contributed by atoms with Gasteiger partial charge in [-0.25, -0.2) is 4.79 Å².